The largest absolute Gasteiger partial charge is 0.464 e. The van der Waals surface area contributed by atoms with Crippen molar-refractivity contribution in [2.75, 3.05) is 13.2 Å². The standard InChI is InChI=1S/C9H17N3O4/c1-2-16-9(15)7(11)8(14)12-5-3-4-6(10)13/h7H,2-5,11H2,1H3,(H2,10,13)(H,12,14). The van der Waals surface area contributed by atoms with Crippen LogP contribution in [0.4, 0.5) is 0 Å². The van der Waals surface area contributed by atoms with Crippen molar-refractivity contribution in [2.45, 2.75) is 25.8 Å². The number of carbonyl (C=O) groups is 3. The number of carbonyl (C=O) groups excluding carboxylic acids is 3. The number of amides is 2. The minimum absolute atomic E-state index is 0.168. The molecule has 0 saturated carbocycles. The van der Waals surface area contributed by atoms with Crippen LogP contribution in [0.1, 0.15) is 19.8 Å². The van der Waals surface area contributed by atoms with E-state index in [1.165, 1.54) is 0 Å². The van der Waals surface area contributed by atoms with E-state index < -0.39 is 23.8 Å². The van der Waals surface area contributed by atoms with E-state index in [0.717, 1.165) is 0 Å². The van der Waals surface area contributed by atoms with Crippen LogP contribution in [0.3, 0.4) is 0 Å². The van der Waals surface area contributed by atoms with Gasteiger partial charge in [0.05, 0.1) is 6.61 Å². The molecule has 0 rings (SSSR count). The van der Waals surface area contributed by atoms with Crippen molar-refractivity contribution in [2.24, 2.45) is 11.5 Å². The Labute approximate surface area is 93.5 Å². The van der Waals surface area contributed by atoms with Gasteiger partial charge in [0.2, 0.25) is 11.8 Å². The number of hydrogen-bond acceptors (Lipinski definition) is 5. The Morgan fingerprint density at radius 2 is 2.00 bits per heavy atom. The first-order chi connectivity index (χ1) is 7.49. The average Bonchev–Trinajstić information content (AvgIpc) is 2.23. The Hall–Kier alpha value is -1.63. The summed E-state index contributed by atoms with van der Waals surface area (Å²) in [5.74, 6) is -1.83. The Morgan fingerprint density at radius 3 is 2.50 bits per heavy atom. The monoisotopic (exact) mass is 231 g/mol. The van der Waals surface area contributed by atoms with Crippen molar-refractivity contribution < 1.29 is 19.1 Å². The molecule has 0 aromatic carbocycles. The normalized spacial score (nSPS) is 11.6. The highest BCUT2D eigenvalue weighted by Gasteiger charge is 2.22. The van der Waals surface area contributed by atoms with Gasteiger partial charge in [0.25, 0.3) is 0 Å². The molecule has 1 atom stereocenters. The summed E-state index contributed by atoms with van der Waals surface area (Å²) in [4.78, 5) is 32.7. The molecule has 1 unspecified atom stereocenters. The molecule has 0 radical (unpaired) electrons. The molecule has 0 aromatic rings. The van der Waals surface area contributed by atoms with Gasteiger partial charge in [0.15, 0.2) is 6.04 Å². The van der Waals surface area contributed by atoms with Crippen LogP contribution in [0.2, 0.25) is 0 Å². The van der Waals surface area contributed by atoms with Gasteiger partial charge in [0.1, 0.15) is 0 Å². The lowest BCUT2D eigenvalue weighted by Crippen LogP contribution is -2.47. The fourth-order valence-corrected chi connectivity index (χ4v) is 0.923. The summed E-state index contributed by atoms with van der Waals surface area (Å²) in [7, 11) is 0. The lowest BCUT2D eigenvalue weighted by molar-refractivity contribution is -0.148. The van der Waals surface area contributed by atoms with E-state index in [2.05, 4.69) is 10.1 Å². The van der Waals surface area contributed by atoms with Gasteiger partial charge >= 0.3 is 5.97 Å². The van der Waals surface area contributed by atoms with E-state index in [9.17, 15) is 14.4 Å². The maximum absolute atomic E-state index is 11.3. The van der Waals surface area contributed by atoms with E-state index in [0.29, 0.717) is 6.42 Å². The molecule has 2 amide bonds. The van der Waals surface area contributed by atoms with Crippen LogP contribution in [0, 0.1) is 0 Å². The minimum atomic E-state index is -1.33. The number of nitrogens with two attached hydrogens (primary N) is 2. The van der Waals surface area contributed by atoms with Crippen LogP contribution in [-0.4, -0.2) is 37.0 Å². The minimum Gasteiger partial charge on any atom is -0.464 e. The first kappa shape index (κ1) is 14.4. The summed E-state index contributed by atoms with van der Waals surface area (Å²) in [5, 5.41) is 2.40. The number of primary amides is 1. The zero-order chi connectivity index (χ0) is 12.6. The Balaban J connectivity index is 3.79. The van der Waals surface area contributed by atoms with E-state index in [1.807, 2.05) is 0 Å². The number of rotatable bonds is 7. The van der Waals surface area contributed by atoms with Crippen LogP contribution in [-0.2, 0) is 19.1 Å². The van der Waals surface area contributed by atoms with Gasteiger partial charge in [-0.3, -0.25) is 9.59 Å². The molecule has 0 aliphatic rings. The number of nitrogens with one attached hydrogen (secondary N) is 1. The smallest absolute Gasteiger partial charge is 0.332 e. The lowest BCUT2D eigenvalue weighted by Gasteiger charge is -2.10. The SMILES string of the molecule is CCOC(=O)C(N)C(=O)NCCCC(N)=O. The topological polar surface area (TPSA) is 125 Å². The molecule has 7 nitrogen and oxygen atoms in total. The molecule has 0 aliphatic heterocycles. The van der Waals surface area contributed by atoms with Crippen molar-refractivity contribution >= 4 is 17.8 Å². The highest BCUT2D eigenvalue weighted by Crippen LogP contribution is 1.88. The summed E-state index contributed by atoms with van der Waals surface area (Å²) < 4.78 is 4.57. The second kappa shape index (κ2) is 7.63. The Morgan fingerprint density at radius 1 is 1.38 bits per heavy atom. The lowest BCUT2D eigenvalue weighted by atomic mass is 10.2. The maximum atomic E-state index is 11.3. The van der Waals surface area contributed by atoms with Crippen molar-refractivity contribution in [3.05, 3.63) is 0 Å². The van der Waals surface area contributed by atoms with Crippen LogP contribution in [0.15, 0.2) is 0 Å². The van der Waals surface area contributed by atoms with Gasteiger partial charge < -0.3 is 21.5 Å². The Bertz CT molecular complexity index is 267. The summed E-state index contributed by atoms with van der Waals surface area (Å²) in [6, 6.07) is -1.33. The molecule has 0 spiro atoms. The second-order valence-corrected chi connectivity index (χ2v) is 3.09. The van der Waals surface area contributed by atoms with E-state index in [-0.39, 0.29) is 19.6 Å². The second-order valence-electron chi connectivity index (χ2n) is 3.09. The predicted molar refractivity (Wildman–Crippen MR) is 56.0 cm³/mol. The zero-order valence-corrected chi connectivity index (χ0v) is 9.19. The molecule has 0 aliphatic carbocycles. The first-order valence-corrected chi connectivity index (χ1v) is 4.97. The highest BCUT2D eigenvalue weighted by atomic mass is 16.5. The van der Waals surface area contributed by atoms with Gasteiger partial charge in [-0.15, -0.1) is 0 Å². The zero-order valence-electron chi connectivity index (χ0n) is 9.19. The molecule has 7 heteroatoms. The van der Waals surface area contributed by atoms with Crippen molar-refractivity contribution in [3.63, 3.8) is 0 Å². The number of hydrogen-bond donors (Lipinski definition) is 3. The third-order valence-corrected chi connectivity index (χ3v) is 1.72. The van der Waals surface area contributed by atoms with Crippen LogP contribution >= 0.6 is 0 Å². The molecular formula is C9H17N3O4. The molecule has 0 bridgehead atoms. The van der Waals surface area contributed by atoms with E-state index >= 15 is 0 Å². The fourth-order valence-electron chi connectivity index (χ4n) is 0.923. The number of esters is 1. The molecule has 5 N–H and O–H groups in total. The van der Waals surface area contributed by atoms with Gasteiger partial charge in [-0.25, -0.2) is 4.79 Å². The molecule has 92 valence electrons. The first-order valence-electron chi connectivity index (χ1n) is 4.97. The summed E-state index contributed by atoms with van der Waals surface area (Å²) in [6.07, 6.45) is 0.589. The summed E-state index contributed by atoms with van der Waals surface area (Å²) in [6.45, 7) is 2.03. The summed E-state index contributed by atoms with van der Waals surface area (Å²) >= 11 is 0. The molecule has 0 heterocycles. The average molecular weight is 231 g/mol. The maximum Gasteiger partial charge on any atom is 0.332 e. The molecule has 0 aromatic heterocycles. The van der Waals surface area contributed by atoms with Gasteiger partial charge in [-0.1, -0.05) is 0 Å². The third kappa shape index (κ3) is 5.97. The van der Waals surface area contributed by atoms with Gasteiger partial charge in [0, 0.05) is 13.0 Å². The fraction of sp³-hybridized carbons (Fsp3) is 0.667. The predicted octanol–water partition coefficient (Wildman–Crippen LogP) is -1.74. The van der Waals surface area contributed by atoms with Crippen LogP contribution in [0.5, 0.6) is 0 Å². The number of ether oxygens (including phenoxy) is 1. The molecule has 16 heavy (non-hydrogen) atoms. The van der Waals surface area contributed by atoms with Crippen molar-refractivity contribution in [3.8, 4) is 0 Å². The van der Waals surface area contributed by atoms with E-state index in [4.69, 9.17) is 11.5 Å². The third-order valence-electron chi connectivity index (χ3n) is 1.72. The molecular weight excluding hydrogens is 214 g/mol. The quantitative estimate of drug-likeness (QED) is 0.272. The van der Waals surface area contributed by atoms with Crippen molar-refractivity contribution in [1.82, 2.24) is 5.32 Å². The highest BCUT2D eigenvalue weighted by molar-refractivity contribution is 6.01. The van der Waals surface area contributed by atoms with Gasteiger partial charge in [-0.2, -0.15) is 0 Å². The molecule has 0 fully saturated rings. The molecule has 0 saturated heterocycles. The Kier molecular flexibility index (Phi) is 6.86. The van der Waals surface area contributed by atoms with Gasteiger partial charge in [-0.05, 0) is 13.3 Å². The van der Waals surface area contributed by atoms with Crippen molar-refractivity contribution in [1.29, 1.82) is 0 Å². The van der Waals surface area contributed by atoms with E-state index in [1.54, 1.807) is 6.92 Å². The van der Waals surface area contributed by atoms with Crippen LogP contribution < -0.4 is 16.8 Å². The van der Waals surface area contributed by atoms with Crippen LogP contribution in [0.25, 0.3) is 0 Å². The summed E-state index contributed by atoms with van der Waals surface area (Å²) in [5.41, 5.74) is 10.2.